The van der Waals surface area contributed by atoms with Gasteiger partial charge in [-0.15, -0.1) is 0 Å². The summed E-state index contributed by atoms with van der Waals surface area (Å²) in [6.45, 7) is 5.75. The highest BCUT2D eigenvalue weighted by atomic mass is 16.1. The lowest BCUT2D eigenvalue weighted by molar-refractivity contribution is -0.120. The molecule has 0 aliphatic heterocycles. The summed E-state index contributed by atoms with van der Waals surface area (Å²) in [5.41, 5.74) is 5.01. The molecule has 3 aromatic rings. The number of hydrogen-bond donors (Lipinski definition) is 2. The first-order valence-corrected chi connectivity index (χ1v) is 9.45. The molecule has 0 spiro atoms. The van der Waals surface area contributed by atoms with E-state index in [1.54, 1.807) is 0 Å². The molecular formula is C23H27N3O. The molecule has 140 valence electrons. The molecule has 4 heteroatoms. The van der Waals surface area contributed by atoms with Gasteiger partial charge < -0.3 is 10.6 Å². The normalized spacial score (nSPS) is 12.1. The maximum Gasteiger partial charge on any atom is 0.224 e. The molecule has 0 saturated heterocycles. The third-order valence-corrected chi connectivity index (χ3v) is 4.86. The van der Waals surface area contributed by atoms with Gasteiger partial charge in [0, 0.05) is 17.5 Å². The first-order valence-electron chi connectivity index (χ1n) is 9.45. The van der Waals surface area contributed by atoms with Crippen molar-refractivity contribution < 1.29 is 4.79 Å². The second-order valence-electron chi connectivity index (χ2n) is 7.09. The number of fused-ring (bicyclic) bond motifs is 1. The van der Waals surface area contributed by atoms with Gasteiger partial charge in [0.25, 0.3) is 0 Å². The summed E-state index contributed by atoms with van der Waals surface area (Å²) in [7, 11) is 1.93. The molecule has 4 nitrogen and oxygen atoms in total. The van der Waals surface area contributed by atoms with Crippen molar-refractivity contribution in [1.82, 2.24) is 15.6 Å². The Morgan fingerprint density at radius 2 is 1.74 bits per heavy atom. The van der Waals surface area contributed by atoms with Crippen LogP contribution in [0.2, 0.25) is 0 Å². The third kappa shape index (κ3) is 4.52. The molecule has 2 aromatic carbocycles. The van der Waals surface area contributed by atoms with Gasteiger partial charge in [-0.3, -0.25) is 4.79 Å². The smallest absolute Gasteiger partial charge is 0.224 e. The molecule has 0 fully saturated rings. The van der Waals surface area contributed by atoms with Crippen LogP contribution in [0, 0.1) is 12.8 Å². The van der Waals surface area contributed by atoms with Gasteiger partial charge in [0.1, 0.15) is 0 Å². The van der Waals surface area contributed by atoms with Crippen molar-refractivity contribution in [2.75, 3.05) is 20.1 Å². The van der Waals surface area contributed by atoms with E-state index in [4.69, 9.17) is 4.98 Å². The molecule has 1 heterocycles. The van der Waals surface area contributed by atoms with E-state index in [1.165, 1.54) is 0 Å². The Labute approximate surface area is 161 Å². The second-order valence-corrected chi connectivity index (χ2v) is 7.09. The number of benzene rings is 2. The molecule has 0 aliphatic carbocycles. The quantitative estimate of drug-likeness (QED) is 0.674. The van der Waals surface area contributed by atoms with Crippen molar-refractivity contribution in [3.05, 3.63) is 65.7 Å². The van der Waals surface area contributed by atoms with Gasteiger partial charge in [-0.2, -0.15) is 0 Å². The van der Waals surface area contributed by atoms with Crippen LogP contribution in [0.3, 0.4) is 0 Å². The van der Waals surface area contributed by atoms with Crippen LogP contribution in [0.5, 0.6) is 0 Å². The van der Waals surface area contributed by atoms with Crippen molar-refractivity contribution in [1.29, 1.82) is 0 Å². The minimum Gasteiger partial charge on any atom is -0.355 e. The van der Waals surface area contributed by atoms with Crippen molar-refractivity contribution in [3.8, 4) is 11.3 Å². The number of hydrogen-bond acceptors (Lipinski definition) is 3. The predicted molar refractivity (Wildman–Crippen MR) is 112 cm³/mol. The number of aromatic nitrogens is 1. The van der Waals surface area contributed by atoms with Crippen molar-refractivity contribution in [2.24, 2.45) is 5.92 Å². The third-order valence-electron chi connectivity index (χ3n) is 4.86. The van der Waals surface area contributed by atoms with Crippen LogP contribution in [-0.4, -0.2) is 31.0 Å². The number of para-hydroxylation sites is 1. The summed E-state index contributed by atoms with van der Waals surface area (Å²) in [6, 6.07) is 18.2. The average molecular weight is 361 g/mol. The molecule has 0 radical (unpaired) electrons. The number of carbonyl (C=O) groups excluding carboxylic acids is 1. The SMILES string of the molecule is CNC[C@@H](C)CNC(=O)Cc1c(-c2ccccc2)nc2ccccc2c1C. The number of rotatable bonds is 7. The minimum atomic E-state index is 0.0373. The molecule has 0 saturated carbocycles. The van der Waals surface area contributed by atoms with E-state index in [-0.39, 0.29) is 5.91 Å². The molecule has 27 heavy (non-hydrogen) atoms. The molecule has 1 atom stereocenters. The molecule has 2 N–H and O–H groups in total. The lowest BCUT2D eigenvalue weighted by Gasteiger charge is -2.16. The Balaban J connectivity index is 1.95. The molecular weight excluding hydrogens is 334 g/mol. The van der Waals surface area contributed by atoms with Crippen LogP contribution >= 0.6 is 0 Å². The highest BCUT2D eigenvalue weighted by Gasteiger charge is 2.17. The molecule has 1 amide bonds. The van der Waals surface area contributed by atoms with Gasteiger partial charge in [0.15, 0.2) is 0 Å². The molecule has 0 aliphatic rings. The molecule has 3 rings (SSSR count). The van der Waals surface area contributed by atoms with Crippen LogP contribution in [-0.2, 0) is 11.2 Å². The van der Waals surface area contributed by atoms with Gasteiger partial charge in [0.2, 0.25) is 5.91 Å². The van der Waals surface area contributed by atoms with Crippen molar-refractivity contribution >= 4 is 16.8 Å². The number of nitrogens with one attached hydrogen (secondary N) is 2. The lowest BCUT2D eigenvalue weighted by Crippen LogP contribution is -2.33. The van der Waals surface area contributed by atoms with E-state index >= 15 is 0 Å². The Hall–Kier alpha value is -2.72. The van der Waals surface area contributed by atoms with Gasteiger partial charge in [-0.1, -0.05) is 55.5 Å². The fourth-order valence-corrected chi connectivity index (χ4v) is 3.40. The predicted octanol–water partition coefficient (Wildman–Crippen LogP) is 3.72. The molecule has 0 bridgehead atoms. The molecule has 0 unspecified atom stereocenters. The fourth-order valence-electron chi connectivity index (χ4n) is 3.40. The van der Waals surface area contributed by atoms with E-state index in [0.717, 1.165) is 39.8 Å². The first-order chi connectivity index (χ1) is 13.1. The summed E-state index contributed by atoms with van der Waals surface area (Å²) < 4.78 is 0. The number of amides is 1. The topological polar surface area (TPSA) is 54.0 Å². The fraction of sp³-hybridized carbons (Fsp3) is 0.304. The van der Waals surface area contributed by atoms with Crippen LogP contribution in [0.25, 0.3) is 22.2 Å². The Bertz CT molecular complexity index is 922. The summed E-state index contributed by atoms with van der Waals surface area (Å²) in [4.78, 5) is 17.5. The zero-order chi connectivity index (χ0) is 19.2. The van der Waals surface area contributed by atoms with Crippen LogP contribution < -0.4 is 10.6 Å². The maximum atomic E-state index is 12.6. The Morgan fingerprint density at radius 3 is 2.48 bits per heavy atom. The molecule has 1 aromatic heterocycles. The van der Waals surface area contributed by atoms with Gasteiger partial charge >= 0.3 is 0 Å². The monoisotopic (exact) mass is 361 g/mol. The zero-order valence-corrected chi connectivity index (χ0v) is 16.3. The Morgan fingerprint density at radius 1 is 1.04 bits per heavy atom. The van der Waals surface area contributed by atoms with Crippen LogP contribution in [0.4, 0.5) is 0 Å². The lowest BCUT2D eigenvalue weighted by atomic mass is 9.95. The van der Waals surface area contributed by atoms with Crippen LogP contribution in [0.15, 0.2) is 54.6 Å². The summed E-state index contributed by atoms with van der Waals surface area (Å²) in [5, 5.41) is 7.30. The van der Waals surface area contributed by atoms with E-state index < -0.39 is 0 Å². The number of carbonyl (C=O) groups is 1. The largest absolute Gasteiger partial charge is 0.355 e. The van der Waals surface area contributed by atoms with E-state index in [9.17, 15) is 4.79 Å². The Kier molecular flexibility index (Phi) is 6.20. The van der Waals surface area contributed by atoms with Crippen LogP contribution in [0.1, 0.15) is 18.1 Å². The standard InChI is InChI=1S/C23H27N3O/c1-16(14-24-3)15-25-22(27)13-20-17(2)19-11-7-8-12-21(19)26-23(20)18-9-5-4-6-10-18/h4-12,16,24H,13-15H2,1-3H3,(H,25,27)/t16-/m1/s1. The van der Waals surface area contributed by atoms with E-state index in [2.05, 4.69) is 30.5 Å². The van der Waals surface area contributed by atoms with Gasteiger partial charge in [0.05, 0.1) is 17.6 Å². The zero-order valence-electron chi connectivity index (χ0n) is 16.3. The van der Waals surface area contributed by atoms with Gasteiger partial charge in [-0.25, -0.2) is 4.98 Å². The highest BCUT2D eigenvalue weighted by molar-refractivity contribution is 5.90. The van der Waals surface area contributed by atoms with E-state index in [1.807, 2.05) is 55.6 Å². The second kappa shape index (κ2) is 8.78. The summed E-state index contributed by atoms with van der Waals surface area (Å²) in [5.74, 6) is 0.429. The highest BCUT2D eigenvalue weighted by Crippen LogP contribution is 2.30. The van der Waals surface area contributed by atoms with E-state index in [0.29, 0.717) is 18.9 Å². The minimum absolute atomic E-state index is 0.0373. The number of aryl methyl sites for hydroxylation is 1. The summed E-state index contributed by atoms with van der Waals surface area (Å²) >= 11 is 0. The maximum absolute atomic E-state index is 12.6. The number of pyridine rings is 1. The number of nitrogens with zero attached hydrogens (tertiary/aromatic N) is 1. The van der Waals surface area contributed by atoms with Crippen molar-refractivity contribution in [3.63, 3.8) is 0 Å². The average Bonchev–Trinajstić information content (AvgIpc) is 2.69. The first kappa shape index (κ1) is 19.1. The van der Waals surface area contributed by atoms with Crippen molar-refractivity contribution in [2.45, 2.75) is 20.3 Å². The summed E-state index contributed by atoms with van der Waals surface area (Å²) in [6.07, 6.45) is 0.334. The van der Waals surface area contributed by atoms with Gasteiger partial charge in [-0.05, 0) is 43.6 Å².